The summed E-state index contributed by atoms with van der Waals surface area (Å²) in [5, 5.41) is 0. The molecule has 0 saturated carbocycles. The summed E-state index contributed by atoms with van der Waals surface area (Å²) in [6.45, 7) is 4.75. The molecule has 0 N–H and O–H groups in total. The van der Waals surface area contributed by atoms with Crippen LogP contribution in [-0.4, -0.2) is 36.9 Å². The largest absolute Gasteiger partial charge is 0.464 e. The van der Waals surface area contributed by atoms with Gasteiger partial charge >= 0.3 is 11.9 Å². The van der Waals surface area contributed by atoms with Crippen LogP contribution in [0.25, 0.3) is 0 Å². The Hall–Kier alpha value is -2.11. The first kappa shape index (κ1) is 13.3. The Labute approximate surface area is 111 Å². The number of dihydropyridines is 1. The first-order chi connectivity index (χ1) is 9.26. The Balaban J connectivity index is 2.26. The number of aliphatic imine (C=N–C) groups is 1. The van der Waals surface area contributed by atoms with Gasteiger partial charge in [0.2, 0.25) is 11.6 Å². The number of hydrogen-bond acceptors (Lipinski definition) is 6. The average molecular weight is 264 g/mol. The third kappa shape index (κ3) is 3.01. The maximum absolute atomic E-state index is 11.8. The van der Waals surface area contributed by atoms with Crippen molar-refractivity contribution in [2.75, 3.05) is 19.8 Å². The van der Waals surface area contributed by atoms with Crippen LogP contribution < -0.4 is 4.74 Å². The smallest absolute Gasteiger partial charge is 0.364 e. The van der Waals surface area contributed by atoms with Crippen LogP contribution in [0, 0.1) is 0 Å². The highest BCUT2D eigenvalue weighted by Crippen LogP contribution is 2.27. The van der Waals surface area contributed by atoms with Gasteiger partial charge in [0.1, 0.15) is 0 Å². The molecule has 1 aliphatic heterocycles. The van der Waals surface area contributed by atoms with Crippen molar-refractivity contribution in [3.63, 3.8) is 0 Å². The second-order valence-corrected chi connectivity index (χ2v) is 3.85. The number of nitrogens with zero attached hydrogens (tertiary/aromatic N) is 2. The molecule has 6 nitrogen and oxygen atoms in total. The van der Waals surface area contributed by atoms with Crippen LogP contribution in [-0.2, 0) is 4.74 Å². The fourth-order valence-electron chi connectivity index (χ4n) is 1.68. The molecular weight excluding hydrogens is 248 g/mol. The van der Waals surface area contributed by atoms with Crippen LogP contribution in [0.4, 0.5) is 0 Å². The third-order valence-corrected chi connectivity index (χ3v) is 2.51. The Kier molecular flexibility index (Phi) is 4.33. The van der Waals surface area contributed by atoms with E-state index in [-0.39, 0.29) is 24.2 Å². The Morgan fingerprint density at radius 2 is 2.32 bits per heavy atom. The molecule has 0 aliphatic carbocycles. The molecule has 0 bridgehead atoms. The minimum absolute atomic E-state index is 0.0765. The lowest BCUT2D eigenvalue weighted by Gasteiger charge is -2.06. The molecule has 6 heteroatoms. The number of oxazole rings is 1. The summed E-state index contributed by atoms with van der Waals surface area (Å²) in [4.78, 5) is 20.1. The van der Waals surface area contributed by atoms with E-state index >= 15 is 0 Å². The van der Waals surface area contributed by atoms with Gasteiger partial charge in [0.05, 0.1) is 25.7 Å². The summed E-state index contributed by atoms with van der Waals surface area (Å²) in [7, 11) is 0. The normalized spacial score (nSPS) is 17.5. The van der Waals surface area contributed by atoms with Crippen molar-refractivity contribution in [3.8, 4) is 5.95 Å². The van der Waals surface area contributed by atoms with Gasteiger partial charge < -0.3 is 13.9 Å². The molecule has 19 heavy (non-hydrogen) atoms. The molecule has 102 valence electrons. The first-order valence-corrected chi connectivity index (χ1v) is 6.23. The van der Waals surface area contributed by atoms with Crippen LogP contribution in [0.15, 0.2) is 21.6 Å². The van der Waals surface area contributed by atoms with Crippen molar-refractivity contribution in [2.45, 2.75) is 19.8 Å². The average Bonchev–Trinajstić information content (AvgIpc) is 2.85. The highest BCUT2D eigenvalue weighted by atomic mass is 16.6. The quantitative estimate of drug-likeness (QED) is 0.760. The van der Waals surface area contributed by atoms with Crippen LogP contribution in [0.1, 0.15) is 36.1 Å². The summed E-state index contributed by atoms with van der Waals surface area (Å²) in [6.07, 6.45) is 5.46. The number of hydrogen-bond donors (Lipinski definition) is 0. The second-order valence-electron chi connectivity index (χ2n) is 3.85. The molecule has 2 rings (SSSR count). The molecule has 2 heterocycles. The van der Waals surface area contributed by atoms with Crippen molar-refractivity contribution in [2.24, 2.45) is 4.99 Å². The predicted molar refractivity (Wildman–Crippen MR) is 68.9 cm³/mol. The number of carbonyl (C=O) groups is 1. The molecule has 1 unspecified atom stereocenters. The van der Waals surface area contributed by atoms with Crippen molar-refractivity contribution < 1.29 is 18.7 Å². The molecule has 0 saturated heterocycles. The highest BCUT2D eigenvalue weighted by molar-refractivity contribution is 5.89. The van der Waals surface area contributed by atoms with Crippen molar-refractivity contribution in [1.29, 1.82) is 0 Å². The lowest BCUT2D eigenvalue weighted by molar-refractivity contribution is 0.0512. The molecule has 1 aliphatic rings. The molecule has 0 radical (unpaired) electrons. The SMILES string of the molecule is CCOC(=O)c1nc(C2C=CC=NC2)oc1OCC. The zero-order chi connectivity index (χ0) is 13.7. The molecule has 1 aromatic rings. The molecule has 0 amide bonds. The van der Waals surface area contributed by atoms with Crippen LogP contribution in [0.3, 0.4) is 0 Å². The third-order valence-electron chi connectivity index (χ3n) is 2.51. The van der Waals surface area contributed by atoms with Gasteiger partial charge in [-0.15, -0.1) is 0 Å². The zero-order valence-electron chi connectivity index (χ0n) is 11.0. The molecule has 0 spiro atoms. The summed E-state index contributed by atoms with van der Waals surface area (Å²) < 4.78 is 15.7. The minimum atomic E-state index is -0.538. The molecular formula is C13H16N2O4. The van der Waals surface area contributed by atoms with E-state index in [2.05, 4.69) is 9.98 Å². The Bertz CT molecular complexity index is 505. The van der Waals surface area contributed by atoms with Crippen molar-refractivity contribution >= 4 is 12.2 Å². The van der Waals surface area contributed by atoms with E-state index in [1.807, 2.05) is 19.1 Å². The number of rotatable bonds is 5. The molecule has 1 atom stereocenters. The van der Waals surface area contributed by atoms with Gasteiger partial charge in [-0.2, -0.15) is 0 Å². The van der Waals surface area contributed by atoms with Crippen molar-refractivity contribution in [3.05, 3.63) is 23.7 Å². The monoisotopic (exact) mass is 264 g/mol. The van der Waals surface area contributed by atoms with Gasteiger partial charge in [0.25, 0.3) is 0 Å². The fourth-order valence-corrected chi connectivity index (χ4v) is 1.68. The van der Waals surface area contributed by atoms with E-state index < -0.39 is 5.97 Å². The predicted octanol–water partition coefficient (Wildman–Crippen LogP) is 1.97. The van der Waals surface area contributed by atoms with E-state index in [0.717, 1.165) is 0 Å². The van der Waals surface area contributed by atoms with Crippen LogP contribution in [0.5, 0.6) is 5.95 Å². The maximum atomic E-state index is 11.8. The first-order valence-electron chi connectivity index (χ1n) is 6.23. The number of esters is 1. The summed E-state index contributed by atoms with van der Waals surface area (Å²) in [5.74, 6) is -0.0878. The van der Waals surface area contributed by atoms with E-state index in [9.17, 15) is 4.79 Å². The number of ether oxygens (including phenoxy) is 2. The van der Waals surface area contributed by atoms with Crippen LogP contribution in [0.2, 0.25) is 0 Å². The van der Waals surface area contributed by atoms with Gasteiger partial charge in [-0.1, -0.05) is 6.08 Å². The minimum Gasteiger partial charge on any atom is -0.464 e. The summed E-state index contributed by atoms with van der Waals surface area (Å²) in [5.41, 5.74) is 0.0849. The number of carbonyl (C=O) groups excluding carboxylic acids is 1. The lowest BCUT2D eigenvalue weighted by atomic mass is 10.1. The molecule has 1 aromatic heterocycles. The second kappa shape index (κ2) is 6.17. The highest BCUT2D eigenvalue weighted by Gasteiger charge is 2.26. The summed E-state index contributed by atoms with van der Waals surface area (Å²) >= 11 is 0. The maximum Gasteiger partial charge on any atom is 0.364 e. The van der Waals surface area contributed by atoms with E-state index in [1.165, 1.54) is 0 Å². The zero-order valence-corrected chi connectivity index (χ0v) is 11.0. The molecule has 0 fully saturated rings. The topological polar surface area (TPSA) is 73.9 Å². The number of allylic oxidation sites excluding steroid dienone is 1. The summed E-state index contributed by atoms with van der Waals surface area (Å²) in [6, 6.07) is 0. The van der Waals surface area contributed by atoms with Gasteiger partial charge in [-0.25, -0.2) is 9.78 Å². The number of aromatic nitrogens is 1. The van der Waals surface area contributed by atoms with Gasteiger partial charge in [-0.3, -0.25) is 4.99 Å². The van der Waals surface area contributed by atoms with Crippen LogP contribution >= 0.6 is 0 Å². The van der Waals surface area contributed by atoms with Gasteiger partial charge in [0.15, 0.2) is 0 Å². The van der Waals surface area contributed by atoms with Crippen molar-refractivity contribution in [1.82, 2.24) is 4.98 Å². The standard InChI is InChI=1S/C13H16N2O4/c1-3-17-12(16)10-13(18-4-2)19-11(15-10)9-6-5-7-14-8-9/h5-7,9H,3-4,8H2,1-2H3. The fraction of sp³-hybridized carbons (Fsp3) is 0.462. The molecule has 0 aromatic carbocycles. The van der Waals surface area contributed by atoms with Gasteiger partial charge in [0, 0.05) is 6.21 Å². The van der Waals surface area contributed by atoms with E-state index in [1.54, 1.807) is 13.1 Å². The Morgan fingerprint density at radius 3 is 2.95 bits per heavy atom. The lowest BCUT2D eigenvalue weighted by Crippen LogP contribution is -2.08. The Morgan fingerprint density at radius 1 is 1.47 bits per heavy atom. The van der Waals surface area contributed by atoms with E-state index in [4.69, 9.17) is 13.9 Å². The van der Waals surface area contributed by atoms with E-state index in [0.29, 0.717) is 19.0 Å². The van der Waals surface area contributed by atoms with Gasteiger partial charge in [-0.05, 0) is 19.9 Å².